The monoisotopic (exact) mass is 284 g/mol. The predicted octanol–water partition coefficient (Wildman–Crippen LogP) is 3.55. The van der Waals surface area contributed by atoms with Crippen molar-refractivity contribution < 1.29 is 4.74 Å². The van der Waals surface area contributed by atoms with Crippen LogP contribution in [0.2, 0.25) is 0 Å². The summed E-state index contributed by atoms with van der Waals surface area (Å²) in [5.74, 6) is 0.475. The van der Waals surface area contributed by atoms with Crippen molar-refractivity contribution in [3.63, 3.8) is 0 Å². The van der Waals surface area contributed by atoms with Crippen molar-refractivity contribution in [2.24, 2.45) is 5.92 Å². The summed E-state index contributed by atoms with van der Waals surface area (Å²) in [5.41, 5.74) is 1.19. The van der Waals surface area contributed by atoms with Crippen LogP contribution in [0.5, 0.6) is 0 Å². The number of hydrogen-bond donors (Lipinski definition) is 1. The maximum absolute atomic E-state index is 5.13. The van der Waals surface area contributed by atoms with Crippen LogP contribution in [0.1, 0.15) is 52.2 Å². The van der Waals surface area contributed by atoms with Gasteiger partial charge in [-0.1, -0.05) is 34.6 Å². The van der Waals surface area contributed by atoms with Gasteiger partial charge in [0, 0.05) is 24.4 Å². The zero-order chi connectivity index (χ0) is 14.7. The summed E-state index contributed by atoms with van der Waals surface area (Å²) in [6.45, 7) is 14.9. The average molecular weight is 284 g/mol. The Labute approximate surface area is 121 Å². The van der Waals surface area contributed by atoms with Crippen LogP contribution in [0.4, 0.5) is 0 Å². The van der Waals surface area contributed by atoms with Gasteiger partial charge in [-0.2, -0.15) is 0 Å². The van der Waals surface area contributed by atoms with Gasteiger partial charge in [0.1, 0.15) is 5.01 Å². The van der Waals surface area contributed by atoms with Crippen LogP contribution in [0, 0.1) is 5.92 Å². The van der Waals surface area contributed by atoms with E-state index >= 15 is 0 Å². The lowest BCUT2D eigenvalue weighted by molar-refractivity contribution is 0.173. The molecule has 3 nitrogen and oxygen atoms in total. The van der Waals surface area contributed by atoms with Gasteiger partial charge in [0.05, 0.1) is 17.8 Å². The van der Waals surface area contributed by atoms with Crippen LogP contribution in [0.25, 0.3) is 0 Å². The minimum atomic E-state index is -0.0906. The first kappa shape index (κ1) is 16.6. The Balaban J connectivity index is 2.96. The predicted molar refractivity (Wildman–Crippen MR) is 82.9 cm³/mol. The highest BCUT2D eigenvalue weighted by Crippen LogP contribution is 2.34. The number of thiazole rings is 1. The van der Waals surface area contributed by atoms with Crippen molar-refractivity contribution in [2.45, 2.75) is 52.5 Å². The molecule has 0 aliphatic carbocycles. The summed E-state index contributed by atoms with van der Waals surface area (Å²) >= 11 is 1.76. The Morgan fingerprint density at radius 1 is 1.32 bits per heavy atom. The van der Waals surface area contributed by atoms with Crippen molar-refractivity contribution in [2.75, 3.05) is 20.3 Å². The third kappa shape index (κ3) is 4.01. The van der Waals surface area contributed by atoms with E-state index < -0.39 is 0 Å². The smallest absolute Gasteiger partial charge is 0.113 e. The molecule has 1 rings (SSSR count). The van der Waals surface area contributed by atoms with Gasteiger partial charge in [-0.3, -0.25) is 0 Å². The summed E-state index contributed by atoms with van der Waals surface area (Å²) in [7, 11) is 1.73. The molecule has 110 valence electrons. The Bertz CT molecular complexity index is 395. The van der Waals surface area contributed by atoms with E-state index in [4.69, 9.17) is 9.72 Å². The van der Waals surface area contributed by atoms with E-state index in [1.165, 1.54) is 10.7 Å². The molecule has 0 saturated heterocycles. The summed E-state index contributed by atoms with van der Waals surface area (Å²) < 4.78 is 5.13. The molecule has 1 atom stereocenters. The fourth-order valence-electron chi connectivity index (χ4n) is 1.80. The molecule has 4 heteroatoms. The molecule has 0 bridgehead atoms. The minimum absolute atomic E-state index is 0.0906. The van der Waals surface area contributed by atoms with Gasteiger partial charge in [0.25, 0.3) is 0 Å². The molecular weight excluding hydrogens is 256 g/mol. The second-order valence-corrected chi connectivity index (χ2v) is 7.42. The van der Waals surface area contributed by atoms with Crippen molar-refractivity contribution in [3.05, 3.63) is 16.1 Å². The van der Waals surface area contributed by atoms with Crippen LogP contribution < -0.4 is 5.32 Å². The summed E-state index contributed by atoms with van der Waals surface area (Å²) in [6.07, 6.45) is 0. The maximum Gasteiger partial charge on any atom is 0.113 e. The third-order valence-electron chi connectivity index (χ3n) is 3.67. The molecular formula is C15H28N2OS. The highest BCUT2D eigenvalue weighted by atomic mass is 32.1. The molecule has 1 unspecified atom stereocenters. The Kier molecular flexibility index (Phi) is 5.53. The fraction of sp³-hybridized carbons (Fsp3) is 0.800. The molecule has 19 heavy (non-hydrogen) atoms. The first-order chi connectivity index (χ1) is 8.71. The van der Waals surface area contributed by atoms with Crippen LogP contribution in [0.15, 0.2) is 5.38 Å². The lowest BCUT2D eigenvalue weighted by Crippen LogP contribution is -2.45. The fourth-order valence-corrected chi connectivity index (χ4v) is 3.13. The number of rotatable bonds is 6. The SMILES string of the molecule is COCCNC(C)(c1nc(C(C)(C)C)cs1)C(C)C. The molecule has 1 heterocycles. The van der Waals surface area contributed by atoms with Gasteiger partial charge < -0.3 is 10.1 Å². The van der Waals surface area contributed by atoms with E-state index in [9.17, 15) is 0 Å². The van der Waals surface area contributed by atoms with E-state index in [2.05, 4.69) is 52.2 Å². The summed E-state index contributed by atoms with van der Waals surface area (Å²) in [6, 6.07) is 0. The van der Waals surface area contributed by atoms with Crippen LogP contribution in [0.3, 0.4) is 0 Å². The van der Waals surface area contributed by atoms with Crippen molar-refractivity contribution in [1.29, 1.82) is 0 Å². The van der Waals surface area contributed by atoms with Crippen LogP contribution in [-0.4, -0.2) is 25.2 Å². The van der Waals surface area contributed by atoms with Gasteiger partial charge in [-0.25, -0.2) is 4.98 Å². The quantitative estimate of drug-likeness (QED) is 0.811. The van der Waals surface area contributed by atoms with E-state index in [1.54, 1.807) is 18.4 Å². The molecule has 1 aromatic rings. The maximum atomic E-state index is 5.13. The highest BCUT2D eigenvalue weighted by molar-refractivity contribution is 7.09. The molecule has 0 aromatic carbocycles. The molecule has 0 fully saturated rings. The van der Waals surface area contributed by atoms with Crippen molar-refractivity contribution in [1.82, 2.24) is 10.3 Å². The van der Waals surface area contributed by atoms with E-state index in [0.29, 0.717) is 5.92 Å². The number of methoxy groups -OCH3 is 1. The number of nitrogens with one attached hydrogen (secondary N) is 1. The number of aromatic nitrogens is 1. The van der Waals surface area contributed by atoms with E-state index in [1.807, 2.05) is 0 Å². The Hall–Kier alpha value is -0.450. The molecule has 0 saturated carbocycles. The second kappa shape index (κ2) is 6.33. The third-order valence-corrected chi connectivity index (χ3v) is 4.75. The van der Waals surface area contributed by atoms with Crippen LogP contribution >= 0.6 is 11.3 Å². The Morgan fingerprint density at radius 3 is 2.37 bits per heavy atom. The Morgan fingerprint density at radius 2 is 1.95 bits per heavy atom. The number of hydrogen-bond acceptors (Lipinski definition) is 4. The highest BCUT2D eigenvalue weighted by Gasteiger charge is 2.33. The average Bonchev–Trinajstić information content (AvgIpc) is 2.78. The topological polar surface area (TPSA) is 34.1 Å². The first-order valence-corrected chi connectivity index (χ1v) is 7.80. The molecule has 1 aromatic heterocycles. The molecule has 1 N–H and O–H groups in total. The first-order valence-electron chi connectivity index (χ1n) is 6.92. The zero-order valence-electron chi connectivity index (χ0n) is 13.3. The molecule has 0 amide bonds. The molecule has 0 aliphatic heterocycles. The summed E-state index contributed by atoms with van der Waals surface area (Å²) in [4.78, 5) is 4.87. The van der Waals surface area contributed by atoms with Gasteiger partial charge in [0.15, 0.2) is 0 Å². The van der Waals surface area contributed by atoms with E-state index in [-0.39, 0.29) is 11.0 Å². The van der Waals surface area contributed by atoms with Gasteiger partial charge in [-0.05, 0) is 12.8 Å². The standard InChI is InChI=1S/C15H28N2OS/c1-11(2)15(6,16-8-9-18-7)13-17-12(10-19-13)14(3,4)5/h10-11,16H,8-9H2,1-7H3. The van der Waals surface area contributed by atoms with Crippen molar-refractivity contribution in [3.8, 4) is 0 Å². The van der Waals surface area contributed by atoms with Crippen LogP contribution in [-0.2, 0) is 15.7 Å². The second-order valence-electron chi connectivity index (χ2n) is 6.56. The van der Waals surface area contributed by atoms with E-state index in [0.717, 1.165) is 13.2 Å². The number of nitrogens with zero attached hydrogens (tertiary/aromatic N) is 1. The van der Waals surface area contributed by atoms with Crippen molar-refractivity contribution >= 4 is 11.3 Å². The molecule has 0 radical (unpaired) electrons. The number of ether oxygens (including phenoxy) is 1. The normalized spacial score (nSPS) is 15.8. The summed E-state index contributed by atoms with van der Waals surface area (Å²) in [5, 5.41) is 6.96. The zero-order valence-corrected chi connectivity index (χ0v) is 14.1. The van der Waals surface area contributed by atoms with Gasteiger partial charge >= 0.3 is 0 Å². The molecule has 0 aliphatic rings. The van der Waals surface area contributed by atoms with Gasteiger partial charge in [-0.15, -0.1) is 11.3 Å². The lowest BCUT2D eigenvalue weighted by Gasteiger charge is -2.33. The van der Waals surface area contributed by atoms with Gasteiger partial charge in [0.2, 0.25) is 0 Å². The lowest BCUT2D eigenvalue weighted by atomic mass is 9.88. The molecule has 0 spiro atoms. The largest absolute Gasteiger partial charge is 0.383 e. The minimum Gasteiger partial charge on any atom is -0.383 e.